The quantitative estimate of drug-likeness (QED) is 0.681. The maximum atomic E-state index is 9.96. The number of aliphatic hydroxyl groups excluding tert-OH is 1. The van der Waals surface area contributed by atoms with Crippen LogP contribution in [0.3, 0.4) is 0 Å². The molecular weight excluding hydrogens is 328 g/mol. The molecule has 0 aliphatic carbocycles. The van der Waals surface area contributed by atoms with Gasteiger partial charge in [-0.05, 0) is 29.8 Å². The Bertz CT molecular complexity index is 662. The zero-order valence-electron chi connectivity index (χ0n) is 16.0. The van der Waals surface area contributed by atoms with E-state index in [1.165, 1.54) is 0 Å². The van der Waals surface area contributed by atoms with Gasteiger partial charge in [-0.25, -0.2) is 0 Å². The number of aliphatic hydroxyl groups is 1. The topological polar surface area (TPSA) is 38.7 Å². The molecule has 1 unspecified atom stereocenters. The largest absolute Gasteiger partial charge is 0.489 e. The van der Waals surface area contributed by atoms with Crippen molar-refractivity contribution in [3.8, 4) is 5.75 Å². The Morgan fingerprint density at radius 3 is 2.16 bits per heavy atom. The van der Waals surface area contributed by atoms with Gasteiger partial charge in [0.1, 0.15) is 12.4 Å². The van der Waals surface area contributed by atoms with Crippen molar-refractivity contribution in [1.82, 2.24) is 0 Å². The van der Waals surface area contributed by atoms with E-state index < -0.39 is 8.32 Å². The standard InChI is InChI=1S/C21H30O3Si/c1-21(2,3)25(4,5)24-20(15-22)18-13-9-10-14-19(18)23-16-17-11-7-6-8-12-17/h6-14,20,22H,15-16H2,1-5H3. The molecule has 0 aromatic heterocycles. The molecule has 0 amide bonds. The molecule has 1 atom stereocenters. The summed E-state index contributed by atoms with van der Waals surface area (Å²) in [6, 6.07) is 17.9. The van der Waals surface area contributed by atoms with Crippen LogP contribution < -0.4 is 4.74 Å². The molecule has 0 spiro atoms. The van der Waals surface area contributed by atoms with E-state index in [0.29, 0.717) is 6.61 Å². The maximum Gasteiger partial charge on any atom is 0.193 e. The molecule has 2 rings (SSSR count). The van der Waals surface area contributed by atoms with E-state index in [0.717, 1.165) is 16.9 Å². The third-order valence-corrected chi connectivity index (χ3v) is 9.40. The molecule has 0 saturated carbocycles. The molecule has 1 N–H and O–H groups in total. The van der Waals surface area contributed by atoms with Crippen molar-refractivity contribution < 1.29 is 14.3 Å². The SMILES string of the molecule is CC(C)(C)[Si](C)(C)OC(CO)c1ccccc1OCc1ccccc1. The molecule has 136 valence electrons. The summed E-state index contributed by atoms with van der Waals surface area (Å²) >= 11 is 0. The highest BCUT2D eigenvalue weighted by Gasteiger charge is 2.39. The molecule has 2 aromatic carbocycles. The number of para-hydroxylation sites is 1. The van der Waals surface area contributed by atoms with Crippen LogP contribution in [0.15, 0.2) is 54.6 Å². The van der Waals surface area contributed by atoms with E-state index in [4.69, 9.17) is 9.16 Å². The van der Waals surface area contributed by atoms with E-state index in [1.807, 2.05) is 54.6 Å². The van der Waals surface area contributed by atoms with Crippen LogP contribution in [0.4, 0.5) is 0 Å². The summed E-state index contributed by atoms with van der Waals surface area (Å²) < 4.78 is 12.5. The first-order valence-corrected chi connectivity index (χ1v) is 11.7. The second kappa shape index (κ2) is 8.17. The van der Waals surface area contributed by atoms with Gasteiger partial charge in [0.05, 0.1) is 12.7 Å². The van der Waals surface area contributed by atoms with Gasteiger partial charge < -0.3 is 14.3 Å². The van der Waals surface area contributed by atoms with Crippen LogP contribution in [0, 0.1) is 0 Å². The fourth-order valence-corrected chi connectivity index (χ4v) is 3.61. The number of benzene rings is 2. The average molecular weight is 359 g/mol. The summed E-state index contributed by atoms with van der Waals surface area (Å²) in [5.41, 5.74) is 2.02. The first kappa shape index (κ1) is 19.7. The van der Waals surface area contributed by atoms with Gasteiger partial charge in [-0.2, -0.15) is 0 Å². The Kier molecular flexibility index (Phi) is 6.44. The summed E-state index contributed by atoms with van der Waals surface area (Å²) in [4.78, 5) is 0. The van der Waals surface area contributed by atoms with Crippen molar-refractivity contribution in [3.05, 3.63) is 65.7 Å². The van der Waals surface area contributed by atoms with Crippen LogP contribution in [0.2, 0.25) is 18.1 Å². The predicted molar refractivity (Wildman–Crippen MR) is 105 cm³/mol. The Morgan fingerprint density at radius 2 is 1.56 bits per heavy atom. The van der Waals surface area contributed by atoms with Crippen LogP contribution >= 0.6 is 0 Å². The van der Waals surface area contributed by atoms with Crippen molar-refractivity contribution in [2.24, 2.45) is 0 Å². The van der Waals surface area contributed by atoms with Crippen LogP contribution in [-0.2, 0) is 11.0 Å². The van der Waals surface area contributed by atoms with Crippen LogP contribution in [0.1, 0.15) is 38.0 Å². The minimum atomic E-state index is -2.00. The highest BCUT2D eigenvalue weighted by atomic mass is 28.4. The summed E-state index contributed by atoms with van der Waals surface area (Å²) in [5, 5.41) is 10.0. The lowest BCUT2D eigenvalue weighted by molar-refractivity contribution is 0.0999. The number of hydrogen-bond donors (Lipinski definition) is 1. The number of ether oxygens (including phenoxy) is 1. The Labute approximate surface area is 152 Å². The molecule has 25 heavy (non-hydrogen) atoms. The lowest BCUT2D eigenvalue weighted by atomic mass is 10.1. The highest BCUT2D eigenvalue weighted by molar-refractivity contribution is 6.74. The minimum absolute atomic E-state index is 0.0573. The second-order valence-corrected chi connectivity index (χ2v) is 12.6. The average Bonchev–Trinajstić information content (AvgIpc) is 2.58. The Hall–Kier alpha value is -1.62. The summed E-state index contributed by atoms with van der Waals surface area (Å²) in [6.45, 7) is 11.4. The molecule has 0 aliphatic rings. The van der Waals surface area contributed by atoms with Crippen LogP contribution in [0.5, 0.6) is 5.75 Å². The lowest BCUT2D eigenvalue weighted by Crippen LogP contribution is -2.42. The Balaban J connectivity index is 2.19. The van der Waals surface area contributed by atoms with E-state index in [1.54, 1.807) is 0 Å². The van der Waals surface area contributed by atoms with Gasteiger partial charge in [0, 0.05) is 5.56 Å². The molecule has 3 nitrogen and oxygen atoms in total. The molecule has 0 bridgehead atoms. The fourth-order valence-electron chi connectivity index (χ4n) is 2.34. The van der Waals surface area contributed by atoms with Gasteiger partial charge in [0.15, 0.2) is 8.32 Å². The molecule has 0 aliphatic heterocycles. The Morgan fingerprint density at radius 1 is 0.960 bits per heavy atom. The minimum Gasteiger partial charge on any atom is -0.489 e. The van der Waals surface area contributed by atoms with Gasteiger partial charge in [0.2, 0.25) is 0 Å². The van der Waals surface area contributed by atoms with Gasteiger partial charge in [-0.15, -0.1) is 0 Å². The molecule has 0 saturated heterocycles. The second-order valence-electron chi connectivity index (χ2n) is 7.86. The summed E-state index contributed by atoms with van der Waals surface area (Å²) in [7, 11) is -2.00. The number of rotatable bonds is 7. The van der Waals surface area contributed by atoms with Crippen molar-refractivity contribution in [2.45, 2.75) is 51.6 Å². The molecule has 0 radical (unpaired) electrons. The van der Waals surface area contributed by atoms with Gasteiger partial charge in [-0.1, -0.05) is 69.3 Å². The maximum absolute atomic E-state index is 9.96. The van der Waals surface area contributed by atoms with Crippen molar-refractivity contribution in [2.75, 3.05) is 6.61 Å². The van der Waals surface area contributed by atoms with E-state index in [2.05, 4.69) is 33.9 Å². The lowest BCUT2D eigenvalue weighted by Gasteiger charge is -2.39. The zero-order valence-corrected chi connectivity index (χ0v) is 17.0. The third kappa shape index (κ3) is 5.17. The first-order chi connectivity index (χ1) is 11.7. The molecule has 0 fully saturated rings. The van der Waals surface area contributed by atoms with Crippen molar-refractivity contribution in [1.29, 1.82) is 0 Å². The number of hydrogen-bond acceptors (Lipinski definition) is 3. The van der Waals surface area contributed by atoms with Crippen molar-refractivity contribution in [3.63, 3.8) is 0 Å². The molecular formula is C21H30O3Si. The fraction of sp³-hybridized carbons (Fsp3) is 0.429. The van der Waals surface area contributed by atoms with Gasteiger partial charge >= 0.3 is 0 Å². The smallest absolute Gasteiger partial charge is 0.193 e. The summed E-state index contributed by atoms with van der Waals surface area (Å²) in [5.74, 6) is 0.768. The van der Waals surface area contributed by atoms with Gasteiger partial charge in [-0.3, -0.25) is 0 Å². The highest BCUT2D eigenvalue weighted by Crippen LogP contribution is 2.41. The van der Waals surface area contributed by atoms with E-state index in [9.17, 15) is 5.11 Å². The first-order valence-electron chi connectivity index (χ1n) is 8.79. The monoisotopic (exact) mass is 358 g/mol. The van der Waals surface area contributed by atoms with Gasteiger partial charge in [0.25, 0.3) is 0 Å². The molecule has 4 heteroatoms. The van der Waals surface area contributed by atoms with Crippen LogP contribution in [-0.4, -0.2) is 20.0 Å². The molecule has 2 aromatic rings. The zero-order chi connectivity index (χ0) is 18.5. The van der Waals surface area contributed by atoms with Crippen molar-refractivity contribution >= 4 is 8.32 Å². The third-order valence-electron chi connectivity index (χ3n) is 4.91. The summed E-state index contributed by atoms with van der Waals surface area (Å²) in [6.07, 6.45) is -0.368. The molecule has 0 heterocycles. The predicted octanol–water partition coefficient (Wildman–Crippen LogP) is 5.32. The van der Waals surface area contributed by atoms with E-state index >= 15 is 0 Å². The van der Waals surface area contributed by atoms with Crippen LogP contribution in [0.25, 0.3) is 0 Å². The normalized spacial score (nSPS) is 13.5. The van der Waals surface area contributed by atoms with E-state index in [-0.39, 0.29) is 17.7 Å².